The minimum absolute atomic E-state index is 0.0965. The van der Waals surface area contributed by atoms with Crippen molar-refractivity contribution in [2.24, 2.45) is 11.7 Å². The van der Waals surface area contributed by atoms with Crippen molar-refractivity contribution >= 4 is 10.0 Å². The summed E-state index contributed by atoms with van der Waals surface area (Å²) in [6, 6.07) is 4.73. The Hall–Kier alpha value is -1.11. The predicted molar refractivity (Wildman–Crippen MR) is 84.8 cm³/mol. The quantitative estimate of drug-likeness (QED) is 0.837. The smallest absolute Gasteiger partial charge is 0.243 e. The van der Waals surface area contributed by atoms with Crippen molar-refractivity contribution in [3.8, 4) is 5.75 Å². The molecule has 0 atom stereocenters. The lowest BCUT2D eigenvalue weighted by Gasteiger charge is -2.27. The minimum Gasteiger partial charge on any atom is -0.496 e. The van der Waals surface area contributed by atoms with Crippen molar-refractivity contribution in [2.45, 2.75) is 45.2 Å². The summed E-state index contributed by atoms with van der Waals surface area (Å²) in [5.41, 5.74) is 6.35. The molecule has 0 heterocycles. The number of nitrogens with zero attached hydrogens (tertiary/aromatic N) is 1. The van der Waals surface area contributed by atoms with Gasteiger partial charge in [-0.3, -0.25) is 0 Å². The van der Waals surface area contributed by atoms with Crippen molar-refractivity contribution < 1.29 is 13.2 Å². The average molecular weight is 314 g/mol. The first-order valence-electron chi connectivity index (χ1n) is 7.12. The van der Waals surface area contributed by atoms with E-state index in [2.05, 4.69) is 0 Å². The SMILES string of the molecule is COc1ccc(S(=O)(=O)N(CC(C)C)C(C)C)cc1CN. The zero-order valence-electron chi connectivity index (χ0n) is 13.5. The van der Waals surface area contributed by atoms with Crippen molar-refractivity contribution in [1.29, 1.82) is 0 Å². The number of benzene rings is 1. The van der Waals surface area contributed by atoms with Gasteiger partial charge in [-0.2, -0.15) is 4.31 Å². The van der Waals surface area contributed by atoms with E-state index in [0.717, 1.165) is 0 Å². The monoisotopic (exact) mass is 314 g/mol. The van der Waals surface area contributed by atoms with Crippen LogP contribution in [0, 0.1) is 5.92 Å². The first kappa shape index (κ1) is 17.9. The van der Waals surface area contributed by atoms with Gasteiger partial charge in [0, 0.05) is 24.7 Å². The molecule has 2 N–H and O–H groups in total. The lowest BCUT2D eigenvalue weighted by atomic mass is 10.2. The molecule has 6 heteroatoms. The van der Waals surface area contributed by atoms with E-state index >= 15 is 0 Å². The van der Waals surface area contributed by atoms with Gasteiger partial charge in [0.25, 0.3) is 0 Å². The van der Waals surface area contributed by atoms with Crippen molar-refractivity contribution in [2.75, 3.05) is 13.7 Å². The molecule has 1 aromatic rings. The molecule has 0 aromatic heterocycles. The van der Waals surface area contributed by atoms with Gasteiger partial charge in [0.1, 0.15) is 5.75 Å². The molecule has 1 aromatic carbocycles. The first-order chi connectivity index (χ1) is 9.73. The van der Waals surface area contributed by atoms with Crippen LogP contribution in [0.5, 0.6) is 5.75 Å². The Labute approximate surface area is 128 Å². The Kier molecular flexibility index (Phi) is 6.19. The minimum atomic E-state index is -3.53. The molecule has 0 saturated heterocycles. The normalized spacial score (nSPS) is 12.4. The predicted octanol–water partition coefficient (Wildman–Crippen LogP) is 2.21. The number of hydrogen-bond acceptors (Lipinski definition) is 4. The third-order valence-corrected chi connectivity index (χ3v) is 5.24. The summed E-state index contributed by atoms with van der Waals surface area (Å²) in [7, 11) is -1.99. The third kappa shape index (κ3) is 4.18. The maximum atomic E-state index is 12.8. The standard InChI is InChI=1S/C15H26N2O3S/c1-11(2)10-17(12(3)4)21(18,19)14-6-7-15(20-5)13(8-14)9-16/h6-8,11-12H,9-10,16H2,1-5H3. The first-order valence-corrected chi connectivity index (χ1v) is 8.56. The summed E-state index contributed by atoms with van der Waals surface area (Å²) >= 11 is 0. The van der Waals surface area contributed by atoms with Gasteiger partial charge in [-0.15, -0.1) is 0 Å². The molecule has 0 unspecified atom stereocenters. The number of hydrogen-bond donors (Lipinski definition) is 1. The van der Waals surface area contributed by atoms with Crippen LogP contribution in [0.2, 0.25) is 0 Å². The Morgan fingerprint density at radius 2 is 1.86 bits per heavy atom. The molecule has 0 bridgehead atoms. The molecule has 0 fully saturated rings. The fraction of sp³-hybridized carbons (Fsp3) is 0.600. The van der Waals surface area contributed by atoms with E-state index in [1.54, 1.807) is 25.3 Å². The molecule has 0 aliphatic rings. The molecule has 0 radical (unpaired) electrons. The number of ether oxygens (including phenoxy) is 1. The topological polar surface area (TPSA) is 72.6 Å². The van der Waals surface area contributed by atoms with Crippen LogP contribution in [0.3, 0.4) is 0 Å². The molecule has 0 aliphatic heterocycles. The van der Waals surface area contributed by atoms with Gasteiger partial charge in [-0.1, -0.05) is 13.8 Å². The fourth-order valence-electron chi connectivity index (χ4n) is 2.16. The van der Waals surface area contributed by atoms with Crippen molar-refractivity contribution in [1.82, 2.24) is 4.31 Å². The van der Waals surface area contributed by atoms with E-state index in [4.69, 9.17) is 10.5 Å². The van der Waals surface area contributed by atoms with Crippen LogP contribution in [0.4, 0.5) is 0 Å². The van der Waals surface area contributed by atoms with Crippen LogP contribution in [0.15, 0.2) is 23.1 Å². The molecular formula is C15H26N2O3S. The molecule has 0 saturated carbocycles. The van der Waals surface area contributed by atoms with Crippen LogP contribution in [0.1, 0.15) is 33.3 Å². The fourth-order valence-corrected chi connectivity index (χ4v) is 4.01. The van der Waals surface area contributed by atoms with Crippen LogP contribution >= 0.6 is 0 Å². The van der Waals surface area contributed by atoms with Crippen LogP contribution in [-0.2, 0) is 16.6 Å². The van der Waals surface area contributed by atoms with Gasteiger partial charge in [0.15, 0.2) is 0 Å². The molecule has 5 nitrogen and oxygen atoms in total. The highest BCUT2D eigenvalue weighted by Crippen LogP contribution is 2.25. The van der Waals surface area contributed by atoms with E-state index < -0.39 is 10.0 Å². The summed E-state index contributed by atoms with van der Waals surface area (Å²) < 4.78 is 32.4. The van der Waals surface area contributed by atoms with Gasteiger partial charge in [0.05, 0.1) is 12.0 Å². The average Bonchev–Trinajstić information content (AvgIpc) is 2.43. The van der Waals surface area contributed by atoms with Crippen LogP contribution in [-0.4, -0.2) is 32.4 Å². The van der Waals surface area contributed by atoms with Gasteiger partial charge in [-0.05, 0) is 38.0 Å². The second-order valence-electron chi connectivity index (χ2n) is 5.74. The summed E-state index contributed by atoms with van der Waals surface area (Å²) in [6.07, 6.45) is 0. The lowest BCUT2D eigenvalue weighted by molar-refractivity contribution is 0.319. The van der Waals surface area contributed by atoms with Gasteiger partial charge in [0.2, 0.25) is 10.0 Å². The molecule has 0 aliphatic carbocycles. The maximum absolute atomic E-state index is 12.8. The van der Waals surface area contributed by atoms with E-state index in [1.165, 1.54) is 4.31 Å². The zero-order chi connectivity index (χ0) is 16.2. The number of methoxy groups -OCH3 is 1. The number of rotatable bonds is 7. The molecule has 21 heavy (non-hydrogen) atoms. The summed E-state index contributed by atoms with van der Waals surface area (Å²) in [6.45, 7) is 8.50. The Bertz CT molecular complexity index is 568. The number of sulfonamides is 1. The van der Waals surface area contributed by atoms with Gasteiger partial charge < -0.3 is 10.5 Å². The molecule has 0 amide bonds. The van der Waals surface area contributed by atoms with E-state index in [-0.39, 0.29) is 23.4 Å². The highest BCUT2D eigenvalue weighted by Gasteiger charge is 2.28. The van der Waals surface area contributed by atoms with Crippen molar-refractivity contribution in [3.63, 3.8) is 0 Å². The van der Waals surface area contributed by atoms with E-state index in [9.17, 15) is 8.42 Å². The largest absolute Gasteiger partial charge is 0.496 e. The second-order valence-corrected chi connectivity index (χ2v) is 7.63. The highest BCUT2D eigenvalue weighted by molar-refractivity contribution is 7.89. The molecule has 120 valence electrons. The maximum Gasteiger partial charge on any atom is 0.243 e. The number of nitrogens with two attached hydrogens (primary N) is 1. The highest BCUT2D eigenvalue weighted by atomic mass is 32.2. The van der Waals surface area contributed by atoms with E-state index in [1.807, 2.05) is 27.7 Å². The molecule has 0 spiro atoms. The second kappa shape index (κ2) is 7.24. The van der Waals surface area contributed by atoms with E-state index in [0.29, 0.717) is 17.9 Å². The summed E-state index contributed by atoms with van der Waals surface area (Å²) in [4.78, 5) is 0.262. The Morgan fingerprint density at radius 1 is 1.24 bits per heavy atom. The van der Waals surface area contributed by atoms with Gasteiger partial charge >= 0.3 is 0 Å². The third-order valence-electron chi connectivity index (χ3n) is 3.20. The van der Waals surface area contributed by atoms with Gasteiger partial charge in [-0.25, -0.2) is 8.42 Å². The van der Waals surface area contributed by atoms with Crippen LogP contribution in [0.25, 0.3) is 0 Å². The van der Waals surface area contributed by atoms with Crippen LogP contribution < -0.4 is 10.5 Å². The lowest BCUT2D eigenvalue weighted by Crippen LogP contribution is -2.39. The zero-order valence-corrected chi connectivity index (χ0v) is 14.3. The Morgan fingerprint density at radius 3 is 2.29 bits per heavy atom. The summed E-state index contributed by atoms with van der Waals surface area (Å²) in [5.74, 6) is 0.866. The Balaban J connectivity index is 3.28. The molecular weight excluding hydrogens is 288 g/mol. The molecule has 1 rings (SSSR count). The van der Waals surface area contributed by atoms with Crippen molar-refractivity contribution in [3.05, 3.63) is 23.8 Å². The summed E-state index contributed by atoms with van der Waals surface area (Å²) in [5, 5.41) is 0.